The molecule has 1 aliphatic rings. The van der Waals surface area contributed by atoms with Gasteiger partial charge in [0.05, 0.1) is 12.0 Å². The van der Waals surface area contributed by atoms with Crippen LogP contribution in [0.1, 0.15) is 18.4 Å². The fourth-order valence-electron chi connectivity index (χ4n) is 2.91. The van der Waals surface area contributed by atoms with Crippen LogP contribution in [0.2, 0.25) is 0 Å². The number of carbonyl (C=O) groups excluding carboxylic acids is 1. The highest BCUT2D eigenvalue weighted by Crippen LogP contribution is 2.47. The molecule has 1 aromatic carbocycles. The molecule has 0 atom stereocenters. The van der Waals surface area contributed by atoms with Crippen molar-refractivity contribution in [1.29, 1.82) is 0 Å². The first kappa shape index (κ1) is 16.7. The summed E-state index contributed by atoms with van der Waals surface area (Å²) >= 11 is 1.25. The molecule has 1 fully saturated rings. The highest BCUT2D eigenvalue weighted by atomic mass is 32.2. The van der Waals surface area contributed by atoms with Gasteiger partial charge in [0.15, 0.2) is 5.76 Å². The number of amides is 1. The maximum absolute atomic E-state index is 12.2. The lowest BCUT2D eigenvalue weighted by molar-refractivity contribution is -0.118. The SMILES string of the molecule is Nn1c(SCC(=O)NCC2(c3ccccc3)CC2)nnc1-c1ccco1. The van der Waals surface area contributed by atoms with Crippen LogP contribution in [0, 0.1) is 0 Å². The molecule has 0 spiro atoms. The number of furan rings is 1. The molecule has 1 aliphatic carbocycles. The van der Waals surface area contributed by atoms with Crippen LogP contribution in [0.5, 0.6) is 0 Å². The molecule has 0 bridgehead atoms. The number of carbonyl (C=O) groups is 1. The molecule has 3 N–H and O–H groups in total. The smallest absolute Gasteiger partial charge is 0.230 e. The minimum atomic E-state index is -0.0419. The van der Waals surface area contributed by atoms with E-state index in [1.165, 1.54) is 22.0 Å². The van der Waals surface area contributed by atoms with E-state index in [2.05, 4.69) is 27.6 Å². The Morgan fingerprint density at radius 3 is 2.73 bits per heavy atom. The van der Waals surface area contributed by atoms with E-state index in [4.69, 9.17) is 10.3 Å². The highest BCUT2D eigenvalue weighted by molar-refractivity contribution is 7.99. The quantitative estimate of drug-likeness (QED) is 0.489. The third kappa shape index (κ3) is 3.32. The van der Waals surface area contributed by atoms with Gasteiger partial charge >= 0.3 is 0 Å². The number of thioether (sulfide) groups is 1. The number of hydrogen-bond donors (Lipinski definition) is 2. The van der Waals surface area contributed by atoms with Crippen LogP contribution in [0.25, 0.3) is 11.6 Å². The van der Waals surface area contributed by atoms with Gasteiger partial charge in [-0.15, -0.1) is 10.2 Å². The standard InChI is InChI=1S/C18H19N5O2S/c19-23-16(14-7-4-10-25-14)21-22-17(23)26-11-15(24)20-12-18(8-9-18)13-5-2-1-3-6-13/h1-7,10H,8-9,11-12,19H2,(H,20,24). The zero-order chi connectivity index (χ0) is 18.0. The Morgan fingerprint density at radius 1 is 1.23 bits per heavy atom. The first-order valence-corrected chi connectivity index (χ1v) is 9.36. The summed E-state index contributed by atoms with van der Waals surface area (Å²) in [4.78, 5) is 12.2. The molecule has 0 radical (unpaired) electrons. The van der Waals surface area contributed by atoms with Gasteiger partial charge in [0, 0.05) is 12.0 Å². The second-order valence-corrected chi connectivity index (χ2v) is 7.31. The van der Waals surface area contributed by atoms with E-state index < -0.39 is 0 Å². The summed E-state index contributed by atoms with van der Waals surface area (Å²) in [6.45, 7) is 0.656. The maximum atomic E-state index is 12.2. The van der Waals surface area contributed by atoms with E-state index in [0.717, 1.165) is 12.8 Å². The van der Waals surface area contributed by atoms with Gasteiger partial charge < -0.3 is 15.6 Å². The summed E-state index contributed by atoms with van der Waals surface area (Å²) in [5.41, 5.74) is 1.39. The zero-order valence-electron chi connectivity index (χ0n) is 14.1. The summed E-state index contributed by atoms with van der Waals surface area (Å²) in [7, 11) is 0. The van der Waals surface area contributed by atoms with Crippen molar-refractivity contribution < 1.29 is 9.21 Å². The molecule has 0 aliphatic heterocycles. The maximum Gasteiger partial charge on any atom is 0.230 e. The normalized spacial score (nSPS) is 14.9. The van der Waals surface area contributed by atoms with Crippen molar-refractivity contribution in [1.82, 2.24) is 20.2 Å². The van der Waals surface area contributed by atoms with E-state index in [1.807, 2.05) is 18.2 Å². The molecule has 4 rings (SSSR count). The van der Waals surface area contributed by atoms with Gasteiger partial charge in [-0.3, -0.25) is 4.79 Å². The second kappa shape index (κ2) is 6.87. The molecular formula is C18H19N5O2S. The number of nitrogens with two attached hydrogens (primary N) is 1. The number of nitrogens with one attached hydrogen (secondary N) is 1. The van der Waals surface area contributed by atoms with Gasteiger partial charge in [-0.1, -0.05) is 42.1 Å². The number of benzene rings is 1. The highest BCUT2D eigenvalue weighted by Gasteiger charge is 2.44. The van der Waals surface area contributed by atoms with Gasteiger partial charge in [0.1, 0.15) is 0 Å². The van der Waals surface area contributed by atoms with Gasteiger partial charge in [0.2, 0.25) is 16.9 Å². The topological polar surface area (TPSA) is 99.0 Å². The van der Waals surface area contributed by atoms with Crippen molar-refractivity contribution >= 4 is 17.7 Å². The van der Waals surface area contributed by atoms with Crippen molar-refractivity contribution in [2.75, 3.05) is 18.1 Å². The van der Waals surface area contributed by atoms with E-state index in [9.17, 15) is 4.79 Å². The van der Waals surface area contributed by atoms with Crippen LogP contribution in [-0.2, 0) is 10.2 Å². The predicted molar refractivity (Wildman–Crippen MR) is 99.0 cm³/mol. The van der Waals surface area contributed by atoms with Crippen molar-refractivity contribution in [2.45, 2.75) is 23.4 Å². The number of hydrogen-bond acceptors (Lipinski definition) is 6. The van der Waals surface area contributed by atoms with Crippen LogP contribution in [0.4, 0.5) is 0 Å². The summed E-state index contributed by atoms with van der Waals surface area (Å²) in [5, 5.41) is 11.5. The Balaban J connectivity index is 1.31. The Bertz CT molecular complexity index is 888. The van der Waals surface area contributed by atoms with Gasteiger partial charge in [-0.25, -0.2) is 4.68 Å². The van der Waals surface area contributed by atoms with Crippen LogP contribution in [0.3, 0.4) is 0 Å². The Labute approximate surface area is 154 Å². The molecule has 8 heteroatoms. The van der Waals surface area contributed by atoms with Gasteiger partial charge in [-0.2, -0.15) is 0 Å². The molecule has 7 nitrogen and oxygen atoms in total. The number of rotatable bonds is 7. The molecule has 1 saturated carbocycles. The summed E-state index contributed by atoms with van der Waals surface area (Å²) in [6.07, 6.45) is 3.76. The lowest BCUT2D eigenvalue weighted by atomic mass is 9.96. The molecular weight excluding hydrogens is 350 g/mol. The summed E-state index contributed by atoms with van der Waals surface area (Å²) in [5.74, 6) is 7.15. The van der Waals surface area contributed by atoms with Crippen molar-refractivity contribution in [3.63, 3.8) is 0 Å². The van der Waals surface area contributed by atoms with Crippen LogP contribution >= 0.6 is 11.8 Å². The Hall–Kier alpha value is -2.74. The molecule has 1 amide bonds. The lowest BCUT2D eigenvalue weighted by Gasteiger charge is -2.16. The van der Waals surface area contributed by atoms with E-state index in [0.29, 0.717) is 23.3 Å². The molecule has 26 heavy (non-hydrogen) atoms. The van der Waals surface area contributed by atoms with Crippen LogP contribution in [0.15, 0.2) is 58.3 Å². The fourth-order valence-corrected chi connectivity index (χ4v) is 3.59. The first-order valence-electron chi connectivity index (χ1n) is 8.37. The zero-order valence-corrected chi connectivity index (χ0v) is 14.9. The van der Waals surface area contributed by atoms with Crippen molar-refractivity contribution in [3.8, 4) is 11.6 Å². The van der Waals surface area contributed by atoms with Crippen LogP contribution < -0.4 is 11.2 Å². The van der Waals surface area contributed by atoms with Gasteiger partial charge in [-0.05, 0) is 30.5 Å². The Morgan fingerprint density at radius 2 is 2.04 bits per heavy atom. The van der Waals surface area contributed by atoms with E-state index in [1.54, 1.807) is 18.4 Å². The predicted octanol–water partition coefficient (Wildman–Crippen LogP) is 2.19. The second-order valence-electron chi connectivity index (χ2n) is 6.37. The van der Waals surface area contributed by atoms with Crippen LogP contribution in [-0.4, -0.2) is 33.1 Å². The first-order chi connectivity index (χ1) is 12.7. The molecule has 2 heterocycles. The molecule has 0 saturated heterocycles. The fraction of sp³-hybridized carbons (Fsp3) is 0.278. The molecule has 0 unspecified atom stereocenters. The van der Waals surface area contributed by atoms with Gasteiger partial charge in [0.25, 0.3) is 0 Å². The molecule has 134 valence electrons. The van der Waals surface area contributed by atoms with Crippen molar-refractivity contribution in [2.24, 2.45) is 0 Å². The average molecular weight is 369 g/mol. The summed E-state index contributed by atoms with van der Waals surface area (Å²) in [6, 6.07) is 13.9. The van der Waals surface area contributed by atoms with E-state index in [-0.39, 0.29) is 17.1 Å². The molecule has 3 aromatic rings. The summed E-state index contributed by atoms with van der Waals surface area (Å²) < 4.78 is 6.61. The third-order valence-electron chi connectivity index (χ3n) is 4.60. The third-order valence-corrected chi connectivity index (χ3v) is 5.55. The monoisotopic (exact) mass is 369 g/mol. The number of nitrogen functional groups attached to an aromatic ring is 1. The largest absolute Gasteiger partial charge is 0.461 e. The lowest BCUT2D eigenvalue weighted by Crippen LogP contribution is -2.33. The number of nitrogens with zero attached hydrogens (tertiary/aromatic N) is 3. The number of aromatic nitrogens is 3. The van der Waals surface area contributed by atoms with Crippen molar-refractivity contribution in [3.05, 3.63) is 54.3 Å². The van der Waals surface area contributed by atoms with E-state index >= 15 is 0 Å². The average Bonchev–Trinajstić information content (AvgIpc) is 3.09. The minimum absolute atomic E-state index is 0.0419. The minimum Gasteiger partial charge on any atom is -0.461 e. The Kier molecular flexibility index (Phi) is 4.42. The molecule has 2 aromatic heterocycles.